The Balaban J connectivity index is 1.54. The van der Waals surface area contributed by atoms with Crippen LogP contribution in [0.15, 0.2) is 47.4 Å². The number of aliphatic hydroxyl groups excluding tert-OH is 1. The van der Waals surface area contributed by atoms with E-state index in [-0.39, 0.29) is 36.3 Å². The molecule has 0 saturated carbocycles. The highest BCUT2D eigenvalue weighted by molar-refractivity contribution is 7.89. The fraction of sp³-hybridized carbons (Fsp3) is 0.435. The van der Waals surface area contributed by atoms with Crippen molar-refractivity contribution in [1.82, 2.24) is 10.0 Å². The number of hydrogen-bond acceptors (Lipinski definition) is 8. The molecule has 3 rings (SSSR count). The molecule has 0 aromatic heterocycles. The van der Waals surface area contributed by atoms with E-state index in [0.29, 0.717) is 23.9 Å². The second kappa shape index (κ2) is 12.0. The lowest BCUT2D eigenvalue weighted by atomic mass is 10.2. The number of sulfonamides is 1. The van der Waals surface area contributed by atoms with E-state index in [4.69, 9.17) is 18.9 Å². The fourth-order valence-electron chi connectivity index (χ4n) is 3.41. The maximum Gasteiger partial charge on any atom is 0.251 e. The molecule has 2 atom stereocenters. The molecule has 11 heteroatoms. The molecule has 1 heterocycles. The standard InChI is InChI=1S/C23H30N2O8S/c1-30-20-9-4-10-21(31-2)22(20)33-15-17(26)13-24-23(27)16-6-3-8-19(12-16)34(28,29)25-14-18-7-5-11-32-18/h3-4,6,8-10,12,17-18,25-26H,5,7,11,13-15H2,1-2H3,(H,24,27). The minimum absolute atomic E-state index is 0.0229. The Morgan fingerprint density at radius 1 is 1.18 bits per heavy atom. The number of carbonyl (C=O) groups excluding carboxylic acids is 1. The van der Waals surface area contributed by atoms with E-state index in [1.54, 1.807) is 18.2 Å². The normalized spacial score (nSPS) is 16.6. The smallest absolute Gasteiger partial charge is 0.251 e. The van der Waals surface area contributed by atoms with Gasteiger partial charge in [0, 0.05) is 25.3 Å². The van der Waals surface area contributed by atoms with Crippen molar-refractivity contribution in [2.75, 3.05) is 40.5 Å². The molecule has 0 spiro atoms. The van der Waals surface area contributed by atoms with Crippen molar-refractivity contribution in [2.24, 2.45) is 0 Å². The van der Waals surface area contributed by atoms with Crippen molar-refractivity contribution in [3.8, 4) is 17.2 Å². The van der Waals surface area contributed by atoms with Gasteiger partial charge in [-0.1, -0.05) is 12.1 Å². The van der Waals surface area contributed by atoms with E-state index in [1.807, 2.05) is 0 Å². The van der Waals surface area contributed by atoms with Gasteiger partial charge >= 0.3 is 0 Å². The molecule has 0 bridgehead atoms. The van der Waals surface area contributed by atoms with E-state index in [9.17, 15) is 18.3 Å². The van der Waals surface area contributed by atoms with Crippen LogP contribution in [0.4, 0.5) is 0 Å². The highest BCUT2D eigenvalue weighted by Gasteiger charge is 2.21. The topological polar surface area (TPSA) is 132 Å². The van der Waals surface area contributed by atoms with Gasteiger partial charge in [0.15, 0.2) is 11.5 Å². The van der Waals surface area contributed by atoms with E-state index in [0.717, 1.165) is 12.8 Å². The lowest BCUT2D eigenvalue weighted by Crippen LogP contribution is -2.35. The third kappa shape index (κ3) is 6.83. The van der Waals surface area contributed by atoms with Crippen molar-refractivity contribution in [3.63, 3.8) is 0 Å². The summed E-state index contributed by atoms with van der Waals surface area (Å²) in [5.74, 6) is 0.708. The van der Waals surface area contributed by atoms with Crippen molar-refractivity contribution in [2.45, 2.75) is 29.9 Å². The van der Waals surface area contributed by atoms with Gasteiger partial charge < -0.3 is 29.4 Å². The largest absolute Gasteiger partial charge is 0.493 e. The van der Waals surface area contributed by atoms with Gasteiger partial charge in [-0.05, 0) is 43.2 Å². The summed E-state index contributed by atoms with van der Waals surface area (Å²) >= 11 is 0. The third-order valence-corrected chi connectivity index (χ3v) is 6.65. The number of benzene rings is 2. The summed E-state index contributed by atoms with van der Waals surface area (Å²) in [5.41, 5.74) is 0.152. The zero-order valence-corrected chi connectivity index (χ0v) is 20.0. The molecule has 2 unspecified atom stereocenters. The maximum absolute atomic E-state index is 12.6. The first-order valence-electron chi connectivity index (χ1n) is 10.9. The molecule has 1 aliphatic heterocycles. The van der Waals surface area contributed by atoms with Crippen LogP contribution < -0.4 is 24.2 Å². The van der Waals surface area contributed by atoms with Gasteiger partial charge in [0.1, 0.15) is 12.7 Å². The highest BCUT2D eigenvalue weighted by Crippen LogP contribution is 2.36. The van der Waals surface area contributed by atoms with Crippen LogP contribution in [0.25, 0.3) is 0 Å². The molecular weight excluding hydrogens is 464 g/mol. The number of ether oxygens (including phenoxy) is 4. The van der Waals surface area contributed by atoms with Crippen molar-refractivity contribution in [1.29, 1.82) is 0 Å². The van der Waals surface area contributed by atoms with Crippen LogP contribution in [-0.4, -0.2) is 72.2 Å². The first kappa shape index (κ1) is 25.8. The molecule has 2 aromatic rings. The van der Waals surface area contributed by atoms with Crippen molar-refractivity contribution >= 4 is 15.9 Å². The summed E-state index contributed by atoms with van der Waals surface area (Å²) in [6.07, 6.45) is 0.547. The molecule has 10 nitrogen and oxygen atoms in total. The van der Waals surface area contributed by atoms with Crippen LogP contribution in [0.2, 0.25) is 0 Å². The molecule has 2 aromatic carbocycles. The molecule has 0 aliphatic carbocycles. The highest BCUT2D eigenvalue weighted by atomic mass is 32.2. The second-order valence-corrected chi connectivity index (χ2v) is 9.45. The maximum atomic E-state index is 12.6. The summed E-state index contributed by atoms with van der Waals surface area (Å²) in [6.45, 7) is 0.580. The average molecular weight is 495 g/mol. The van der Waals surface area contributed by atoms with Crippen molar-refractivity contribution in [3.05, 3.63) is 48.0 Å². The molecular formula is C23H30N2O8S. The van der Waals surface area contributed by atoms with E-state index < -0.39 is 22.0 Å². The first-order chi connectivity index (χ1) is 16.3. The quantitative estimate of drug-likeness (QED) is 0.403. The van der Waals surface area contributed by atoms with Crippen LogP contribution in [0.1, 0.15) is 23.2 Å². The lowest BCUT2D eigenvalue weighted by Gasteiger charge is -2.17. The number of aliphatic hydroxyl groups is 1. The number of para-hydroxylation sites is 1. The fourth-order valence-corrected chi connectivity index (χ4v) is 4.52. The summed E-state index contributed by atoms with van der Waals surface area (Å²) in [4.78, 5) is 12.5. The lowest BCUT2D eigenvalue weighted by molar-refractivity contribution is 0.0833. The Morgan fingerprint density at radius 3 is 2.53 bits per heavy atom. The number of methoxy groups -OCH3 is 2. The third-order valence-electron chi connectivity index (χ3n) is 5.23. The summed E-state index contributed by atoms with van der Waals surface area (Å²) in [5, 5.41) is 12.8. The van der Waals surface area contributed by atoms with Crippen LogP contribution in [0.3, 0.4) is 0 Å². The van der Waals surface area contributed by atoms with Crippen LogP contribution in [0.5, 0.6) is 17.2 Å². The van der Waals surface area contributed by atoms with Gasteiger partial charge in [-0.2, -0.15) is 0 Å². The van der Waals surface area contributed by atoms with Gasteiger partial charge in [0.25, 0.3) is 5.91 Å². The molecule has 1 aliphatic rings. The SMILES string of the molecule is COc1cccc(OC)c1OCC(O)CNC(=O)c1cccc(S(=O)(=O)NCC2CCCO2)c1. The van der Waals surface area contributed by atoms with E-state index >= 15 is 0 Å². The Labute approximate surface area is 199 Å². The number of hydrogen-bond donors (Lipinski definition) is 3. The molecule has 0 radical (unpaired) electrons. The zero-order valence-electron chi connectivity index (χ0n) is 19.2. The summed E-state index contributed by atoms with van der Waals surface area (Å²) in [6, 6.07) is 10.8. The number of nitrogens with one attached hydrogen (secondary N) is 2. The molecule has 1 fully saturated rings. The summed E-state index contributed by atoms with van der Waals surface area (Å²) in [7, 11) is -0.809. The first-order valence-corrected chi connectivity index (χ1v) is 12.3. The minimum atomic E-state index is -3.79. The molecule has 186 valence electrons. The second-order valence-electron chi connectivity index (χ2n) is 7.68. The van der Waals surface area contributed by atoms with Crippen LogP contribution in [0, 0.1) is 0 Å². The average Bonchev–Trinajstić information content (AvgIpc) is 3.38. The molecule has 1 amide bonds. The zero-order chi connectivity index (χ0) is 24.6. The number of carbonyl (C=O) groups is 1. The van der Waals surface area contributed by atoms with Gasteiger partial charge in [0.05, 0.1) is 25.2 Å². The predicted octanol–water partition coefficient (Wildman–Crippen LogP) is 1.33. The predicted molar refractivity (Wildman–Crippen MR) is 124 cm³/mol. The number of rotatable bonds is 12. The monoisotopic (exact) mass is 494 g/mol. The Bertz CT molecular complexity index is 1050. The summed E-state index contributed by atoms with van der Waals surface area (Å²) < 4.78 is 49.2. The van der Waals surface area contributed by atoms with Gasteiger partial charge in [-0.15, -0.1) is 0 Å². The molecule has 1 saturated heterocycles. The van der Waals surface area contributed by atoms with Gasteiger partial charge in [-0.25, -0.2) is 13.1 Å². The van der Waals surface area contributed by atoms with Crippen LogP contribution >= 0.6 is 0 Å². The Kier molecular flexibility index (Phi) is 9.11. The van der Waals surface area contributed by atoms with Crippen molar-refractivity contribution < 1.29 is 37.3 Å². The number of amides is 1. The van der Waals surface area contributed by atoms with E-state index in [2.05, 4.69) is 10.0 Å². The van der Waals surface area contributed by atoms with Crippen LogP contribution in [-0.2, 0) is 14.8 Å². The van der Waals surface area contributed by atoms with E-state index in [1.165, 1.54) is 38.5 Å². The molecule has 34 heavy (non-hydrogen) atoms. The molecule has 3 N–H and O–H groups in total. The Morgan fingerprint density at radius 2 is 1.88 bits per heavy atom. The Hall–Kier alpha value is -2.86. The van der Waals surface area contributed by atoms with Gasteiger partial charge in [0.2, 0.25) is 15.8 Å². The van der Waals surface area contributed by atoms with Gasteiger partial charge in [-0.3, -0.25) is 4.79 Å². The minimum Gasteiger partial charge on any atom is -0.493 e.